The molecule has 0 aromatic heterocycles. The van der Waals surface area contributed by atoms with Gasteiger partial charge < -0.3 is 5.11 Å². The van der Waals surface area contributed by atoms with E-state index in [-0.39, 0.29) is 6.42 Å². The van der Waals surface area contributed by atoms with Crippen LogP contribution < -0.4 is 0 Å². The van der Waals surface area contributed by atoms with Crippen molar-refractivity contribution in [2.24, 2.45) is 5.92 Å². The Morgan fingerprint density at radius 1 is 1.13 bits per heavy atom. The van der Waals surface area contributed by atoms with E-state index in [4.69, 9.17) is 5.11 Å². The number of hydrogen-bond donors (Lipinski definition) is 1. The van der Waals surface area contributed by atoms with Gasteiger partial charge in [-0.25, -0.2) is 0 Å². The minimum atomic E-state index is -0.702. The van der Waals surface area contributed by atoms with Crippen molar-refractivity contribution in [2.45, 2.75) is 57.8 Å². The van der Waals surface area contributed by atoms with Gasteiger partial charge in [0.05, 0.1) is 0 Å². The molecule has 0 heterocycles. The highest BCUT2D eigenvalue weighted by Crippen LogP contribution is 2.27. The summed E-state index contributed by atoms with van der Waals surface area (Å²) in [7, 11) is 0. The number of rotatable bonds is 6. The molecule has 1 saturated carbocycles. The van der Waals surface area contributed by atoms with Crippen molar-refractivity contribution >= 4 is 5.97 Å². The van der Waals surface area contributed by atoms with Crippen LogP contribution >= 0.6 is 0 Å². The molecule has 15 heavy (non-hydrogen) atoms. The first-order chi connectivity index (χ1) is 7.29. The number of carbonyl (C=O) groups is 1. The Kier molecular flexibility index (Phi) is 6.14. The van der Waals surface area contributed by atoms with E-state index in [1.807, 2.05) is 6.08 Å². The molecular weight excluding hydrogens is 188 g/mol. The van der Waals surface area contributed by atoms with E-state index in [0.29, 0.717) is 6.42 Å². The van der Waals surface area contributed by atoms with Gasteiger partial charge in [0.15, 0.2) is 0 Å². The van der Waals surface area contributed by atoms with Gasteiger partial charge in [-0.15, -0.1) is 0 Å². The van der Waals surface area contributed by atoms with Gasteiger partial charge in [-0.1, -0.05) is 44.3 Å². The number of hydrogen-bond acceptors (Lipinski definition) is 1. The predicted molar refractivity (Wildman–Crippen MR) is 61.8 cm³/mol. The van der Waals surface area contributed by atoms with E-state index in [1.165, 1.54) is 38.5 Å². The summed E-state index contributed by atoms with van der Waals surface area (Å²) in [5.74, 6) is 0.231. The molecule has 1 fully saturated rings. The molecule has 0 bridgehead atoms. The Morgan fingerprint density at radius 3 is 2.47 bits per heavy atom. The topological polar surface area (TPSA) is 37.3 Å². The average molecular weight is 210 g/mol. The standard InChI is InChI=1S/C13H22O2/c14-13(15)11-7-2-1-4-8-12-9-5-3-6-10-12/h1-2,12H,3-11H2,(H,14,15)/b2-1+. The van der Waals surface area contributed by atoms with Crippen molar-refractivity contribution in [2.75, 3.05) is 0 Å². The first kappa shape index (κ1) is 12.3. The van der Waals surface area contributed by atoms with Gasteiger partial charge >= 0.3 is 5.97 Å². The molecule has 86 valence electrons. The van der Waals surface area contributed by atoms with Crippen LogP contribution in [-0.4, -0.2) is 11.1 Å². The van der Waals surface area contributed by atoms with Gasteiger partial charge in [-0.3, -0.25) is 4.79 Å². The van der Waals surface area contributed by atoms with E-state index in [1.54, 1.807) is 0 Å². The number of carboxylic acids is 1. The van der Waals surface area contributed by atoms with Gasteiger partial charge in [0.25, 0.3) is 0 Å². The summed E-state index contributed by atoms with van der Waals surface area (Å²) < 4.78 is 0. The molecule has 0 unspecified atom stereocenters. The second kappa shape index (κ2) is 7.49. The summed E-state index contributed by atoms with van der Waals surface area (Å²) in [6.07, 6.45) is 14.6. The van der Waals surface area contributed by atoms with E-state index in [0.717, 1.165) is 12.3 Å². The van der Waals surface area contributed by atoms with E-state index < -0.39 is 5.97 Å². The largest absolute Gasteiger partial charge is 0.481 e. The molecule has 1 aliphatic rings. The zero-order valence-corrected chi connectivity index (χ0v) is 9.45. The maximum absolute atomic E-state index is 10.2. The minimum absolute atomic E-state index is 0.264. The van der Waals surface area contributed by atoms with Gasteiger partial charge in [0, 0.05) is 6.42 Å². The maximum atomic E-state index is 10.2. The van der Waals surface area contributed by atoms with Crippen molar-refractivity contribution in [3.05, 3.63) is 12.2 Å². The Bertz CT molecular complexity index is 203. The first-order valence-electron chi connectivity index (χ1n) is 6.16. The number of allylic oxidation sites excluding steroid dienone is 2. The van der Waals surface area contributed by atoms with Crippen molar-refractivity contribution in [3.63, 3.8) is 0 Å². The third kappa shape index (κ3) is 6.32. The fourth-order valence-corrected chi connectivity index (χ4v) is 2.25. The Morgan fingerprint density at radius 2 is 1.80 bits per heavy atom. The van der Waals surface area contributed by atoms with Crippen LogP contribution in [-0.2, 0) is 4.79 Å². The fraction of sp³-hybridized carbons (Fsp3) is 0.769. The second-order valence-electron chi connectivity index (χ2n) is 4.49. The van der Waals surface area contributed by atoms with Crippen molar-refractivity contribution in [3.8, 4) is 0 Å². The van der Waals surface area contributed by atoms with Crippen LogP contribution in [0.25, 0.3) is 0 Å². The third-order valence-corrected chi connectivity index (χ3v) is 3.16. The smallest absolute Gasteiger partial charge is 0.303 e. The molecular formula is C13H22O2. The highest BCUT2D eigenvalue weighted by atomic mass is 16.4. The number of carboxylic acid groups (broad SMARTS) is 1. The molecule has 0 aromatic carbocycles. The van der Waals surface area contributed by atoms with Gasteiger partial charge in [-0.2, -0.15) is 0 Å². The fourth-order valence-electron chi connectivity index (χ4n) is 2.25. The number of aliphatic carboxylic acids is 1. The van der Waals surface area contributed by atoms with Gasteiger partial charge in [0.2, 0.25) is 0 Å². The van der Waals surface area contributed by atoms with Crippen LogP contribution in [0.2, 0.25) is 0 Å². The lowest BCUT2D eigenvalue weighted by Crippen LogP contribution is -2.05. The quantitative estimate of drug-likeness (QED) is 0.678. The lowest BCUT2D eigenvalue weighted by Gasteiger charge is -2.20. The Hall–Kier alpha value is -0.790. The van der Waals surface area contributed by atoms with Crippen LogP contribution in [0.5, 0.6) is 0 Å². The average Bonchev–Trinajstić information content (AvgIpc) is 2.24. The van der Waals surface area contributed by atoms with Crippen LogP contribution in [0.1, 0.15) is 57.8 Å². The molecule has 0 amide bonds. The van der Waals surface area contributed by atoms with Crippen molar-refractivity contribution < 1.29 is 9.90 Å². The lowest BCUT2D eigenvalue weighted by molar-refractivity contribution is -0.136. The predicted octanol–water partition coefficient (Wildman–Crippen LogP) is 3.77. The third-order valence-electron chi connectivity index (χ3n) is 3.16. The molecule has 0 saturated heterocycles. The molecule has 0 aromatic rings. The first-order valence-corrected chi connectivity index (χ1v) is 6.16. The molecule has 0 spiro atoms. The highest BCUT2D eigenvalue weighted by molar-refractivity contribution is 5.66. The maximum Gasteiger partial charge on any atom is 0.303 e. The van der Waals surface area contributed by atoms with E-state index in [9.17, 15) is 4.79 Å². The van der Waals surface area contributed by atoms with Crippen molar-refractivity contribution in [1.29, 1.82) is 0 Å². The summed E-state index contributed by atoms with van der Waals surface area (Å²) in [5, 5.41) is 8.44. The lowest BCUT2D eigenvalue weighted by atomic mass is 9.86. The second-order valence-corrected chi connectivity index (χ2v) is 4.49. The van der Waals surface area contributed by atoms with Crippen LogP contribution in [0, 0.1) is 5.92 Å². The molecule has 1 aliphatic carbocycles. The Balaban J connectivity index is 1.97. The zero-order chi connectivity index (χ0) is 10.9. The minimum Gasteiger partial charge on any atom is -0.481 e. The van der Waals surface area contributed by atoms with Crippen molar-refractivity contribution in [1.82, 2.24) is 0 Å². The van der Waals surface area contributed by atoms with E-state index >= 15 is 0 Å². The molecule has 2 nitrogen and oxygen atoms in total. The van der Waals surface area contributed by atoms with E-state index in [2.05, 4.69) is 6.08 Å². The summed E-state index contributed by atoms with van der Waals surface area (Å²) in [6, 6.07) is 0. The summed E-state index contributed by atoms with van der Waals surface area (Å²) in [5.41, 5.74) is 0. The zero-order valence-electron chi connectivity index (χ0n) is 9.45. The highest BCUT2D eigenvalue weighted by Gasteiger charge is 2.11. The monoisotopic (exact) mass is 210 g/mol. The molecule has 2 heteroatoms. The summed E-state index contributed by atoms with van der Waals surface area (Å²) >= 11 is 0. The molecule has 1 rings (SSSR count). The Labute approximate surface area is 92.4 Å². The normalized spacial score (nSPS) is 18.4. The molecule has 0 radical (unpaired) electrons. The molecule has 0 aliphatic heterocycles. The van der Waals surface area contributed by atoms with Gasteiger partial charge in [-0.05, 0) is 25.2 Å². The van der Waals surface area contributed by atoms with Crippen LogP contribution in [0.3, 0.4) is 0 Å². The van der Waals surface area contributed by atoms with Gasteiger partial charge in [0.1, 0.15) is 0 Å². The van der Waals surface area contributed by atoms with Crippen LogP contribution in [0.15, 0.2) is 12.2 Å². The summed E-state index contributed by atoms with van der Waals surface area (Å²) in [4.78, 5) is 10.2. The summed E-state index contributed by atoms with van der Waals surface area (Å²) in [6.45, 7) is 0. The molecule has 0 atom stereocenters. The SMILES string of the molecule is O=C(O)CC/C=C/CCC1CCCCC1. The molecule has 1 N–H and O–H groups in total. The van der Waals surface area contributed by atoms with Crippen LogP contribution in [0.4, 0.5) is 0 Å².